The molecule has 0 aliphatic carbocycles. The SMILES string of the molecule is C=CCCCCCCCCCCCCCCOB=N. The molecular formula is C16H32BNO. The molecule has 0 aromatic rings. The van der Waals surface area contributed by atoms with E-state index in [9.17, 15) is 0 Å². The summed E-state index contributed by atoms with van der Waals surface area (Å²) in [6, 6.07) is 0. The van der Waals surface area contributed by atoms with Crippen LogP contribution < -0.4 is 0 Å². The van der Waals surface area contributed by atoms with E-state index in [0.717, 1.165) is 20.3 Å². The van der Waals surface area contributed by atoms with E-state index in [-0.39, 0.29) is 0 Å². The van der Waals surface area contributed by atoms with Crippen LogP contribution >= 0.6 is 0 Å². The molecule has 0 unspecified atom stereocenters. The Morgan fingerprint density at radius 1 is 0.737 bits per heavy atom. The van der Waals surface area contributed by atoms with Gasteiger partial charge < -0.3 is 0 Å². The van der Waals surface area contributed by atoms with E-state index in [1.165, 1.54) is 77.0 Å². The van der Waals surface area contributed by atoms with E-state index in [2.05, 4.69) is 6.58 Å². The van der Waals surface area contributed by atoms with Crippen molar-refractivity contribution in [1.29, 1.82) is 5.31 Å². The Hall–Kier alpha value is -0.595. The summed E-state index contributed by atoms with van der Waals surface area (Å²) in [6.45, 7) is 4.46. The van der Waals surface area contributed by atoms with Gasteiger partial charge in [-0.25, -0.2) is 0 Å². The third-order valence-electron chi connectivity index (χ3n) is 3.50. The van der Waals surface area contributed by atoms with E-state index in [1.54, 1.807) is 0 Å². The van der Waals surface area contributed by atoms with Crippen molar-refractivity contribution in [3.05, 3.63) is 12.7 Å². The first kappa shape index (κ1) is 18.4. The zero-order chi connectivity index (χ0) is 14.0. The van der Waals surface area contributed by atoms with Crippen LogP contribution in [0.1, 0.15) is 83.5 Å². The molecule has 0 aromatic heterocycles. The Morgan fingerprint density at radius 2 is 1.16 bits per heavy atom. The summed E-state index contributed by atoms with van der Waals surface area (Å²) in [5, 5.41) is 6.72. The van der Waals surface area contributed by atoms with Crippen LogP contribution in [0.4, 0.5) is 0 Å². The molecule has 0 heterocycles. The monoisotopic (exact) mass is 265 g/mol. The molecule has 0 aliphatic rings. The molecule has 0 saturated carbocycles. The fraction of sp³-hybridized carbons (Fsp3) is 0.875. The minimum atomic E-state index is 0.718. The van der Waals surface area contributed by atoms with Gasteiger partial charge in [0.15, 0.2) is 0 Å². The third kappa shape index (κ3) is 17.4. The van der Waals surface area contributed by atoms with Crippen molar-refractivity contribution in [3.63, 3.8) is 0 Å². The van der Waals surface area contributed by atoms with Crippen LogP contribution in [0, 0.1) is 5.31 Å². The first-order valence-corrected chi connectivity index (χ1v) is 8.13. The van der Waals surface area contributed by atoms with Gasteiger partial charge in [0.1, 0.15) is 0 Å². The van der Waals surface area contributed by atoms with Crippen LogP contribution in [0.3, 0.4) is 0 Å². The molecule has 1 N–H and O–H groups in total. The average molecular weight is 265 g/mol. The summed E-state index contributed by atoms with van der Waals surface area (Å²) in [5.41, 5.74) is 0. The van der Waals surface area contributed by atoms with Gasteiger partial charge >= 0.3 is 88.1 Å². The summed E-state index contributed by atoms with van der Waals surface area (Å²) in [4.78, 5) is 0. The Labute approximate surface area is 120 Å². The van der Waals surface area contributed by atoms with Gasteiger partial charge in [-0.3, -0.25) is 0 Å². The summed E-state index contributed by atoms with van der Waals surface area (Å²) >= 11 is 0. The third-order valence-corrected chi connectivity index (χ3v) is 3.50. The van der Waals surface area contributed by atoms with Crippen LogP contribution in [0.25, 0.3) is 0 Å². The Kier molecular flexibility index (Phi) is 16.9. The van der Waals surface area contributed by atoms with Crippen molar-refractivity contribution >= 4 is 7.27 Å². The van der Waals surface area contributed by atoms with Crippen molar-refractivity contribution in [2.45, 2.75) is 83.5 Å². The molecule has 0 rings (SSSR count). The second-order valence-corrected chi connectivity index (χ2v) is 5.31. The van der Waals surface area contributed by atoms with Gasteiger partial charge in [0.25, 0.3) is 0 Å². The topological polar surface area (TPSA) is 33.1 Å². The fourth-order valence-electron chi connectivity index (χ4n) is 2.30. The molecule has 0 aromatic carbocycles. The number of hydrogen-bond acceptors (Lipinski definition) is 2. The Bertz CT molecular complexity index is 177. The molecule has 0 spiro atoms. The molecule has 2 nitrogen and oxygen atoms in total. The van der Waals surface area contributed by atoms with Crippen molar-refractivity contribution in [3.8, 4) is 0 Å². The van der Waals surface area contributed by atoms with Crippen LogP contribution in [-0.2, 0) is 4.65 Å². The number of rotatable bonds is 16. The zero-order valence-electron chi connectivity index (χ0n) is 12.7. The molecule has 0 bridgehead atoms. The average Bonchev–Trinajstić information content (AvgIpc) is 2.43. The molecule has 0 aliphatic heterocycles. The zero-order valence-corrected chi connectivity index (χ0v) is 12.7. The quantitative estimate of drug-likeness (QED) is 0.218. The van der Waals surface area contributed by atoms with E-state index in [0.29, 0.717) is 0 Å². The van der Waals surface area contributed by atoms with Crippen LogP contribution in [0.2, 0.25) is 0 Å². The summed E-state index contributed by atoms with van der Waals surface area (Å²) < 4.78 is 4.88. The van der Waals surface area contributed by atoms with Crippen molar-refractivity contribution in [2.24, 2.45) is 0 Å². The molecule has 0 radical (unpaired) electrons. The van der Waals surface area contributed by atoms with E-state index < -0.39 is 0 Å². The second-order valence-electron chi connectivity index (χ2n) is 5.31. The van der Waals surface area contributed by atoms with Gasteiger partial charge in [0, 0.05) is 0 Å². The maximum absolute atomic E-state index is 6.72. The Balaban J connectivity index is 2.91. The predicted octanol–water partition coefficient (Wildman–Crippen LogP) is 5.64. The van der Waals surface area contributed by atoms with Gasteiger partial charge in [-0.15, -0.1) is 6.58 Å². The minimum absolute atomic E-state index is 0.718. The molecule has 19 heavy (non-hydrogen) atoms. The molecule has 3 heteroatoms. The fourth-order valence-corrected chi connectivity index (χ4v) is 2.30. The predicted molar refractivity (Wildman–Crippen MR) is 84.6 cm³/mol. The summed E-state index contributed by atoms with van der Waals surface area (Å²) in [5.74, 6) is 0. The van der Waals surface area contributed by atoms with Crippen molar-refractivity contribution in [2.75, 3.05) is 6.61 Å². The molecule has 0 amide bonds. The van der Waals surface area contributed by atoms with E-state index in [4.69, 9.17) is 9.97 Å². The Morgan fingerprint density at radius 3 is 1.58 bits per heavy atom. The van der Waals surface area contributed by atoms with Crippen LogP contribution in [0.5, 0.6) is 0 Å². The first-order chi connectivity index (χ1) is 9.41. The van der Waals surface area contributed by atoms with Gasteiger partial charge in [-0.1, -0.05) is 12.5 Å². The normalized spacial score (nSPS) is 10.1. The summed E-state index contributed by atoms with van der Waals surface area (Å²) in [6.07, 6.45) is 19.4. The molecule has 0 fully saturated rings. The summed E-state index contributed by atoms with van der Waals surface area (Å²) in [7, 11) is 1.04. The number of allylic oxidation sites excluding steroid dienone is 1. The number of unbranched alkanes of at least 4 members (excludes halogenated alkanes) is 12. The van der Waals surface area contributed by atoms with Crippen LogP contribution in [-0.4, -0.2) is 13.9 Å². The van der Waals surface area contributed by atoms with Crippen molar-refractivity contribution in [1.82, 2.24) is 0 Å². The molecule has 0 atom stereocenters. The van der Waals surface area contributed by atoms with Crippen molar-refractivity contribution < 1.29 is 4.65 Å². The second kappa shape index (κ2) is 17.4. The van der Waals surface area contributed by atoms with Gasteiger partial charge in [-0.05, 0) is 12.8 Å². The molecule has 0 saturated heterocycles. The molecular weight excluding hydrogens is 233 g/mol. The van der Waals surface area contributed by atoms with Gasteiger partial charge in [0.05, 0.1) is 0 Å². The maximum atomic E-state index is 6.72. The standard InChI is InChI=1S/C16H32BNO/c1-2-3-4-5-6-7-8-9-10-11-12-13-14-15-16-19-17-18/h2,18H,1,3-16H2. The van der Waals surface area contributed by atoms with E-state index >= 15 is 0 Å². The number of hydrogen-bond donors (Lipinski definition) is 1. The van der Waals surface area contributed by atoms with E-state index in [1.807, 2.05) is 6.08 Å². The van der Waals surface area contributed by atoms with Gasteiger partial charge in [0.2, 0.25) is 0 Å². The van der Waals surface area contributed by atoms with Gasteiger partial charge in [-0.2, -0.15) is 0 Å². The van der Waals surface area contributed by atoms with Crippen LogP contribution in [0.15, 0.2) is 12.7 Å². The number of nitrogens with one attached hydrogen (secondary N) is 1. The molecule has 110 valence electrons. The first-order valence-electron chi connectivity index (χ1n) is 8.13.